The smallest absolute Gasteiger partial charge is 0.0594 e. The summed E-state index contributed by atoms with van der Waals surface area (Å²) in [6, 6.07) is 7.10. The average molecular weight is 288 g/mol. The number of hydrogen-bond acceptors (Lipinski definition) is 3. The van der Waals surface area contributed by atoms with Crippen LogP contribution in [0.1, 0.15) is 36.5 Å². The fourth-order valence-electron chi connectivity index (χ4n) is 3.29. The number of nitrogens with zero attached hydrogens (tertiary/aromatic N) is 2. The van der Waals surface area contributed by atoms with E-state index >= 15 is 0 Å². The topological polar surface area (TPSA) is 15.7 Å². The number of hydrogen-bond donors (Lipinski definition) is 0. The number of morpholine rings is 1. The Kier molecular flexibility index (Phi) is 4.94. The predicted octanol–water partition coefficient (Wildman–Crippen LogP) is 2.50. The Morgan fingerprint density at radius 3 is 2.52 bits per heavy atom. The highest BCUT2D eigenvalue weighted by Gasteiger charge is 2.18. The zero-order valence-corrected chi connectivity index (χ0v) is 13.5. The summed E-state index contributed by atoms with van der Waals surface area (Å²) < 4.78 is 5.42. The van der Waals surface area contributed by atoms with Crippen LogP contribution in [0.15, 0.2) is 18.2 Å². The molecule has 1 aromatic carbocycles. The molecule has 2 aliphatic rings. The van der Waals surface area contributed by atoms with Crippen LogP contribution in [0.2, 0.25) is 0 Å². The van der Waals surface area contributed by atoms with Gasteiger partial charge in [-0.3, -0.25) is 9.80 Å². The van der Waals surface area contributed by atoms with Gasteiger partial charge in [0.2, 0.25) is 0 Å². The van der Waals surface area contributed by atoms with Gasteiger partial charge in [0.1, 0.15) is 0 Å². The van der Waals surface area contributed by atoms with Crippen LogP contribution in [0.4, 0.5) is 0 Å². The van der Waals surface area contributed by atoms with Crippen molar-refractivity contribution in [3.8, 4) is 0 Å². The molecule has 0 N–H and O–H groups in total. The maximum Gasteiger partial charge on any atom is 0.0594 e. The van der Waals surface area contributed by atoms with Crippen molar-refractivity contribution in [3.05, 3.63) is 34.9 Å². The number of fused-ring (bicyclic) bond motifs is 1. The normalized spacial score (nSPS) is 20.7. The lowest BCUT2D eigenvalue weighted by atomic mass is 9.93. The van der Waals surface area contributed by atoms with E-state index in [9.17, 15) is 0 Å². The highest BCUT2D eigenvalue weighted by atomic mass is 16.5. The lowest BCUT2D eigenvalue weighted by molar-refractivity contribution is 0.0327. The van der Waals surface area contributed by atoms with Gasteiger partial charge in [-0.2, -0.15) is 0 Å². The molecule has 0 unspecified atom stereocenters. The molecule has 1 fully saturated rings. The van der Waals surface area contributed by atoms with Crippen LogP contribution in [0.25, 0.3) is 0 Å². The molecule has 0 bridgehead atoms. The van der Waals surface area contributed by atoms with E-state index in [0.717, 1.165) is 32.8 Å². The van der Waals surface area contributed by atoms with Crippen LogP contribution in [0.5, 0.6) is 0 Å². The minimum Gasteiger partial charge on any atom is -0.379 e. The van der Waals surface area contributed by atoms with Crippen LogP contribution in [0, 0.1) is 0 Å². The Balaban J connectivity index is 1.56. The van der Waals surface area contributed by atoms with Gasteiger partial charge < -0.3 is 4.74 Å². The fourth-order valence-corrected chi connectivity index (χ4v) is 3.29. The van der Waals surface area contributed by atoms with Crippen molar-refractivity contribution in [1.82, 2.24) is 9.80 Å². The van der Waals surface area contributed by atoms with E-state index in [4.69, 9.17) is 4.74 Å². The van der Waals surface area contributed by atoms with Crippen LogP contribution >= 0.6 is 0 Å². The standard InChI is InChI=1S/C18H28N2O/c1-15(2)17-4-3-16-5-6-20(14-18(16)13-17)8-7-19-9-11-21-12-10-19/h3-4,13,15H,5-12,14H2,1-2H3. The summed E-state index contributed by atoms with van der Waals surface area (Å²) >= 11 is 0. The summed E-state index contributed by atoms with van der Waals surface area (Å²) in [6.07, 6.45) is 1.21. The van der Waals surface area contributed by atoms with Crippen molar-refractivity contribution in [3.63, 3.8) is 0 Å². The largest absolute Gasteiger partial charge is 0.379 e. The molecular weight excluding hydrogens is 260 g/mol. The first kappa shape index (κ1) is 15.0. The number of ether oxygens (including phenoxy) is 1. The Bertz CT molecular complexity index is 466. The van der Waals surface area contributed by atoms with Gasteiger partial charge in [-0.25, -0.2) is 0 Å². The minimum absolute atomic E-state index is 0.624. The van der Waals surface area contributed by atoms with Gasteiger partial charge in [0.05, 0.1) is 13.2 Å². The molecule has 0 saturated carbocycles. The van der Waals surface area contributed by atoms with Crippen molar-refractivity contribution in [2.45, 2.75) is 32.7 Å². The zero-order chi connectivity index (χ0) is 14.7. The van der Waals surface area contributed by atoms with E-state index < -0.39 is 0 Å². The van der Waals surface area contributed by atoms with Crippen LogP contribution in [0.3, 0.4) is 0 Å². The van der Waals surface area contributed by atoms with E-state index in [1.165, 1.54) is 31.6 Å². The summed E-state index contributed by atoms with van der Waals surface area (Å²) in [7, 11) is 0. The van der Waals surface area contributed by atoms with Gasteiger partial charge in [0.15, 0.2) is 0 Å². The summed E-state index contributed by atoms with van der Waals surface area (Å²) in [5.41, 5.74) is 4.58. The first-order chi connectivity index (χ1) is 10.2. The van der Waals surface area contributed by atoms with Crippen molar-refractivity contribution in [2.75, 3.05) is 45.9 Å². The lowest BCUT2D eigenvalue weighted by Gasteiger charge is -2.33. The Morgan fingerprint density at radius 1 is 1.00 bits per heavy atom. The van der Waals surface area contributed by atoms with E-state index in [1.807, 2.05) is 0 Å². The quantitative estimate of drug-likeness (QED) is 0.846. The first-order valence-electron chi connectivity index (χ1n) is 8.36. The summed E-state index contributed by atoms with van der Waals surface area (Å²) in [5, 5.41) is 0. The molecular formula is C18H28N2O. The van der Waals surface area contributed by atoms with Crippen molar-refractivity contribution < 1.29 is 4.74 Å². The van der Waals surface area contributed by atoms with Crippen LogP contribution in [-0.2, 0) is 17.7 Å². The van der Waals surface area contributed by atoms with Crippen LogP contribution in [-0.4, -0.2) is 55.7 Å². The molecule has 2 aliphatic heterocycles. The van der Waals surface area contributed by atoms with E-state index in [2.05, 4.69) is 41.8 Å². The van der Waals surface area contributed by atoms with Gasteiger partial charge in [-0.05, 0) is 29.0 Å². The third kappa shape index (κ3) is 3.85. The maximum absolute atomic E-state index is 5.42. The minimum atomic E-state index is 0.624. The Labute approximate surface area is 128 Å². The molecule has 3 nitrogen and oxygen atoms in total. The molecule has 0 aromatic heterocycles. The highest BCUT2D eigenvalue weighted by molar-refractivity contribution is 5.35. The summed E-state index contributed by atoms with van der Waals surface area (Å²) in [5.74, 6) is 0.624. The zero-order valence-electron chi connectivity index (χ0n) is 13.5. The third-order valence-electron chi connectivity index (χ3n) is 4.82. The van der Waals surface area contributed by atoms with E-state index in [1.54, 1.807) is 11.1 Å². The van der Waals surface area contributed by atoms with Crippen LogP contribution < -0.4 is 0 Å². The van der Waals surface area contributed by atoms with E-state index in [-0.39, 0.29) is 0 Å². The monoisotopic (exact) mass is 288 g/mol. The van der Waals surface area contributed by atoms with Crippen molar-refractivity contribution in [1.29, 1.82) is 0 Å². The molecule has 0 aliphatic carbocycles. The van der Waals surface area contributed by atoms with Gasteiger partial charge in [-0.1, -0.05) is 32.0 Å². The number of rotatable bonds is 4. The third-order valence-corrected chi connectivity index (χ3v) is 4.82. The second-order valence-electron chi connectivity index (χ2n) is 6.66. The van der Waals surface area contributed by atoms with Gasteiger partial charge in [0.25, 0.3) is 0 Å². The molecule has 3 heteroatoms. The molecule has 0 spiro atoms. The fraction of sp³-hybridized carbons (Fsp3) is 0.667. The molecule has 0 amide bonds. The van der Waals surface area contributed by atoms with Crippen molar-refractivity contribution >= 4 is 0 Å². The molecule has 0 radical (unpaired) electrons. The molecule has 3 rings (SSSR count). The van der Waals surface area contributed by atoms with E-state index in [0.29, 0.717) is 5.92 Å². The molecule has 1 saturated heterocycles. The molecule has 2 heterocycles. The van der Waals surface area contributed by atoms with Gasteiger partial charge >= 0.3 is 0 Å². The maximum atomic E-state index is 5.42. The molecule has 1 aromatic rings. The second kappa shape index (κ2) is 6.91. The Morgan fingerprint density at radius 2 is 1.76 bits per heavy atom. The highest BCUT2D eigenvalue weighted by Crippen LogP contribution is 2.23. The first-order valence-corrected chi connectivity index (χ1v) is 8.36. The average Bonchev–Trinajstić information content (AvgIpc) is 2.53. The SMILES string of the molecule is CC(C)c1ccc2c(c1)CN(CCN1CCOCC1)CC2. The van der Waals surface area contributed by atoms with Crippen molar-refractivity contribution in [2.24, 2.45) is 0 Å². The molecule has 0 atom stereocenters. The number of benzene rings is 1. The predicted molar refractivity (Wildman–Crippen MR) is 86.8 cm³/mol. The summed E-state index contributed by atoms with van der Waals surface area (Å²) in [4.78, 5) is 5.14. The van der Waals surface area contributed by atoms with Gasteiger partial charge in [-0.15, -0.1) is 0 Å². The second-order valence-corrected chi connectivity index (χ2v) is 6.66. The lowest BCUT2D eigenvalue weighted by Crippen LogP contribution is -2.42. The molecule has 21 heavy (non-hydrogen) atoms. The molecule has 116 valence electrons. The summed E-state index contributed by atoms with van der Waals surface area (Å²) in [6.45, 7) is 13.3. The van der Waals surface area contributed by atoms with Gasteiger partial charge in [0, 0.05) is 39.3 Å². The Hall–Kier alpha value is -0.900.